The van der Waals surface area contributed by atoms with Gasteiger partial charge in [-0.15, -0.1) is 0 Å². The Morgan fingerprint density at radius 3 is 1.23 bits per heavy atom. The second-order valence-corrected chi connectivity index (χ2v) is 19.4. The molecular weight excluding hydrogens is 833 g/mol. The van der Waals surface area contributed by atoms with Gasteiger partial charge in [0.25, 0.3) is 0 Å². The topological polar surface area (TPSA) is 9.86 Å². The summed E-state index contributed by atoms with van der Waals surface area (Å²) in [5, 5.41) is 10.1. The predicted molar refractivity (Wildman–Crippen MR) is 293 cm³/mol. The maximum Gasteiger partial charge on any atom is 0.0713 e. The first-order valence-corrected chi connectivity index (χ1v) is 24.2. The van der Waals surface area contributed by atoms with Crippen LogP contribution in [0.15, 0.2) is 218 Å². The van der Waals surface area contributed by atoms with Crippen molar-refractivity contribution in [1.82, 2.24) is 9.13 Å². The maximum absolute atomic E-state index is 2.52. The molecule has 2 heterocycles. The Morgan fingerprint density at radius 2 is 0.681 bits per heavy atom. The second-order valence-electron chi connectivity index (χ2n) is 19.4. The number of nitrogens with zero attached hydrogens (tertiary/aromatic N) is 2. The molecule has 0 radical (unpaired) electrons. The minimum absolute atomic E-state index is 0.534. The first-order valence-electron chi connectivity index (χ1n) is 24.2. The smallest absolute Gasteiger partial charge is 0.0713 e. The molecule has 13 aromatic rings. The summed E-state index contributed by atoms with van der Waals surface area (Å²) in [5.41, 5.74) is 22.1. The van der Waals surface area contributed by atoms with Crippen molar-refractivity contribution in [2.24, 2.45) is 14.1 Å². The number of para-hydroxylation sites is 2. The lowest BCUT2D eigenvalue weighted by molar-refractivity contribution is 0.767. The van der Waals surface area contributed by atoms with Gasteiger partial charge >= 0.3 is 0 Å². The minimum Gasteiger partial charge on any atom is -0.344 e. The van der Waals surface area contributed by atoms with Crippen LogP contribution >= 0.6 is 0 Å². The highest BCUT2D eigenvalue weighted by molar-refractivity contribution is 6.25. The fraction of sp³-hybridized carbons (Fsp3) is 0.0746. The number of fused-ring (bicyclic) bond motifs is 11. The predicted octanol–water partition coefficient (Wildman–Crippen LogP) is 17.3. The summed E-state index contributed by atoms with van der Waals surface area (Å²) in [6.45, 7) is 4.37. The van der Waals surface area contributed by atoms with Crippen LogP contribution in [0.4, 0.5) is 0 Å². The third-order valence-corrected chi connectivity index (χ3v) is 15.8. The molecule has 0 fully saturated rings. The van der Waals surface area contributed by atoms with Gasteiger partial charge in [-0.25, -0.2) is 0 Å². The van der Waals surface area contributed by atoms with E-state index in [1.54, 1.807) is 0 Å². The zero-order chi connectivity index (χ0) is 46.1. The van der Waals surface area contributed by atoms with Crippen LogP contribution in [0.25, 0.3) is 110 Å². The number of hydrogen-bond donors (Lipinski definition) is 0. The highest BCUT2D eigenvalue weighted by Crippen LogP contribution is 2.59. The van der Waals surface area contributed by atoms with Gasteiger partial charge in [-0.05, 0) is 132 Å². The monoisotopic (exact) mass is 880 g/mol. The lowest BCUT2D eigenvalue weighted by atomic mass is 9.67. The van der Waals surface area contributed by atoms with Gasteiger partial charge in [0.05, 0.1) is 5.41 Å². The third-order valence-electron chi connectivity index (χ3n) is 15.8. The molecule has 2 nitrogen and oxygen atoms in total. The number of rotatable bonds is 5. The quantitative estimate of drug-likeness (QED) is 0.152. The van der Waals surface area contributed by atoms with Crippen LogP contribution in [0.5, 0.6) is 0 Å². The zero-order valence-electron chi connectivity index (χ0n) is 39.2. The van der Waals surface area contributed by atoms with Gasteiger partial charge in [-0.3, -0.25) is 0 Å². The molecule has 0 spiro atoms. The second kappa shape index (κ2) is 14.8. The van der Waals surface area contributed by atoms with Gasteiger partial charge < -0.3 is 9.13 Å². The van der Waals surface area contributed by atoms with Crippen molar-refractivity contribution in [3.05, 3.63) is 252 Å². The van der Waals surface area contributed by atoms with Crippen molar-refractivity contribution in [3.8, 4) is 44.5 Å². The van der Waals surface area contributed by atoms with Gasteiger partial charge in [0, 0.05) is 57.7 Å². The Hall–Kier alpha value is -8.46. The van der Waals surface area contributed by atoms with Crippen LogP contribution in [0.3, 0.4) is 0 Å². The van der Waals surface area contributed by atoms with E-state index < -0.39 is 5.41 Å². The zero-order valence-corrected chi connectivity index (χ0v) is 39.2. The minimum atomic E-state index is -0.534. The highest BCUT2D eigenvalue weighted by atomic mass is 14.9. The number of benzene rings is 11. The van der Waals surface area contributed by atoms with Crippen molar-refractivity contribution in [2.45, 2.75) is 19.3 Å². The van der Waals surface area contributed by atoms with Crippen molar-refractivity contribution in [1.29, 1.82) is 0 Å². The molecule has 14 rings (SSSR count). The molecule has 1 aliphatic carbocycles. The van der Waals surface area contributed by atoms with Gasteiger partial charge in [0.15, 0.2) is 0 Å². The molecule has 2 heteroatoms. The number of hydrogen-bond acceptors (Lipinski definition) is 0. The fourth-order valence-electron chi connectivity index (χ4n) is 12.7. The molecule has 0 N–H and O–H groups in total. The Morgan fingerprint density at radius 1 is 0.290 bits per heavy atom. The van der Waals surface area contributed by atoms with Crippen LogP contribution in [-0.4, -0.2) is 9.13 Å². The normalized spacial score (nSPS) is 13.0. The summed E-state index contributed by atoms with van der Waals surface area (Å²) in [5.74, 6) is 0. The standard InChI is InChI=1S/C67H48N2/c1-41-32-36-43(37-33-41)67(44-38-34-42(2)35-39-44)57-26-8-5-16-51(57)64-54(25-13-27-58(64)67)63-49-21-11-19-45(47-23-14-30-61-65(47)52-17-6-9-28-59(52)68(61)3)55(49)40-56-46(20-12-22-50(56)63)48-24-15-31-62-66(48)53-18-7-10-29-60(53)69(62)4/h5-40H,1-4H3. The van der Waals surface area contributed by atoms with E-state index in [2.05, 4.69) is 255 Å². The van der Waals surface area contributed by atoms with Gasteiger partial charge in [-0.1, -0.05) is 199 Å². The van der Waals surface area contributed by atoms with Crippen molar-refractivity contribution in [3.63, 3.8) is 0 Å². The van der Waals surface area contributed by atoms with Gasteiger partial charge in [-0.2, -0.15) is 0 Å². The molecule has 1 aliphatic rings. The van der Waals surface area contributed by atoms with Crippen molar-refractivity contribution >= 4 is 65.2 Å². The molecule has 0 bridgehead atoms. The SMILES string of the molecule is Cc1ccc(C2(c3ccc(C)cc3)c3ccccc3-c3c(-c4c5cccc(-c6cccc7c6c6ccccc6n7C)c5cc5c(-c6cccc7c6c6ccccc6n7C)cccc45)cccc32)cc1. The van der Waals surface area contributed by atoms with E-state index in [-0.39, 0.29) is 0 Å². The van der Waals surface area contributed by atoms with E-state index in [0.29, 0.717) is 0 Å². The van der Waals surface area contributed by atoms with Crippen LogP contribution in [0.2, 0.25) is 0 Å². The molecule has 0 atom stereocenters. The molecule has 0 saturated carbocycles. The largest absolute Gasteiger partial charge is 0.344 e. The van der Waals surface area contributed by atoms with Crippen molar-refractivity contribution in [2.75, 3.05) is 0 Å². The summed E-state index contributed by atoms with van der Waals surface area (Å²) >= 11 is 0. The molecule has 2 aromatic heterocycles. The highest BCUT2D eigenvalue weighted by Gasteiger charge is 2.47. The summed E-state index contributed by atoms with van der Waals surface area (Å²) in [4.78, 5) is 0. The lowest BCUT2D eigenvalue weighted by Gasteiger charge is -2.34. The van der Waals surface area contributed by atoms with Crippen LogP contribution in [0.1, 0.15) is 33.4 Å². The van der Waals surface area contributed by atoms with E-state index in [9.17, 15) is 0 Å². The van der Waals surface area contributed by atoms with Crippen LogP contribution < -0.4 is 0 Å². The Kier molecular flexibility index (Phi) is 8.49. The summed E-state index contributed by atoms with van der Waals surface area (Å²) in [6.07, 6.45) is 0. The molecule has 0 amide bonds. The van der Waals surface area contributed by atoms with E-state index >= 15 is 0 Å². The third kappa shape index (κ3) is 5.43. The van der Waals surface area contributed by atoms with Crippen LogP contribution in [-0.2, 0) is 19.5 Å². The van der Waals surface area contributed by atoms with Crippen molar-refractivity contribution < 1.29 is 0 Å². The summed E-state index contributed by atoms with van der Waals surface area (Å²) in [7, 11) is 4.40. The molecule has 0 unspecified atom stereocenters. The molecule has 11 aromatic carbocycles. The van der Waals surface area contributed by atoms with E-state index in [1.165, 1.54) is 143 Å². The van der Waals surface area contributed by atoms with Gasteiger partial charge in [0.1, 0.15) is 0 Å². The first kappa shape index (κ1) is 39.7. The number of aryl methyl sites for hydroxylation is 4. The van der Waals surface area contributed by atoms with E-state index in [1.807, 2.05) is 0 Å². The Labute approximate surface area is 402 Å². The molecule has 69 heavy (non-hydrogen) atoms. The first-order chi connectivity index (χ1) is 33.9. The molecule has 326 valence electrons. The lowest BCUT2D eigenvalue weighted by Crippen LogP contribution is -2.28. The average molecular weight is 881 g/mol. The molecule has 0 aliphatic heterocycles. The van der Waals surface area contributed by atoms with Gasteiger partial charge in [0.2, 0.25) is 0 Å². The fourth-order valence-corrected chi connectivity index (χ4v) is 12.7. The summed E-state index contributed by atoms with van der Waals surface area (Å²) in [6, 6.07) is 82.9. The van der Waals surface area contributed by atoms with E-state index in [0.717, 1.165) is 0 Å². The average Bonchev–Trinajstić information content (AvgIpc) is 3.99. The van der Waals surface area contributed by atoms with Crippen LogP contribution in [0, 0.1) is 13.8 Å². The number of aromatic nitrogens is 2. The Bertz CT molecular complexity index is 4050. The molecular formula is C67H48N2. The van der Waals surface area contributed by atoms with E-state index in [4.69, 9.17) is 0 Å². The molecule has 0 saturated heterocycles. The maximum atomic E-state index is 2.52. The Balaban J connectivity index is 1.15. The summed E-state index contributed by atoms with van der Waals surface area (Å²) < 4.78 is 4.70.